The van der Waals surface area contributed by atoms with E-state index in [0.717, 1.165) is 55.5 Å². The molecule has 11 aromatic rings. The molecule has 0 fully saturated rings. The Hall–Kier alpha value is -6.94. The second-order valence-corrected chi connectivity index (χ2v) is 15.1. The highest BCUT2D eigenvalue weighted by atomic mass is 32.1. The fourth-order valence-electron chi connectivity index (χ4n) is 8.23. The van der Waals surface area contributed by atoms with Crippen molar-refractivity contribution in [3.63, 3.8) is 0 Å². The molecule has 0 N–H and O–H groups in total. The number of hydrogen-bond acceptors (Lipinski definition) is 3. The summed E-state index contributed by atoms with van der Waals surface area (Å²) in [7, 11) is 0. The molecule has 258 valence electrons. The summed E-state index contributed by atoms with van der Waals surface area (Å²) in [5.41, 5.74) is 12.3. The predicted molar refractivity (Wildman–Crippen MR) is 235 cm³/mol. The summed E-state index contributed by atoms with van der Waals surface area (Å²) in [6.07, 6.45) is 0. The van der Waals surface area contributed by atoms with Crippen molar-refractivity contribution in [2.24, 2.45) is 0 Å². The van der Waals surface area contributed by atoms with Gasteiger partial charge in [-0.1, -0.05) is 146 Å². The Morgan fingerprint density at radius 3 is 1.67 bits per heavy atom. The molecule has 0 aliphatic rings. The third-order valence-corrected chi connectivity index (χ3v) is 12.1. The monoisotopic (exact) mass is 719 g/mol. The van der Waals surface area contributed by atoms with Crippen LogP contribution in [0.1, 0.15) is 0 Å². The Labute approximate surface area is 322 Å². The molecular weight excluding hydrogens is 687 g/mol. The van der Waals surface area contributed by atoms with Crippen LogP contribution in [-0.2, 0) is 0 Å². The van der Waals surface area contributed by atoms with Gasteiger partial charge in [0.05, 0.1) is 0 Å². The van der Waals surface area contributed by atoms with Gasteiger partial charge in [0, 0.05) is 53.4 Å². The number of fused-ring (bicyclic) bond motifs is 8. The van der Waals surface area contributed by atoms with Crippen molar-refractivity contribution < 1.29 is 4.42 Å². The first-order valence-corrected chi connectivity index (χ1v) is 19.5. The Kier molecular flexibility index (Phi) is 7.39. The van der Waals surface area contributed by atoms with Crippen molar-refractivity contribution >= 4 is 81.3 Å². The molecule has 0 bridgehead atoms. The Morgan fingerprint density at radius 2 is 0.927 bits per heavy atom. The van der Waals surface area contributed by atoms with Gasteiger partial charge in [0.25, 0.3) is 0 Å². The normalized spacial score (nSPS) is 11.6. The van der Waals surface area contributed by atoms with E-state index in [2.05, 4.69) is 199 Å². The number of para-hydroxylation sites is 1. The molecule has 0 amide bonds. The van der Waals surface area contributed by atoms with E-state index in [9.17, 15) is 0 Å². The maximum Gasteiger partial charge on any atom is 0.143 e. The molecule has 0 aliphatic carbocycles. The molecule has 0 unspecified atom stereocenters. The predicted octanol–water partition coefficient (Wildman–Crippen LogP) is 15.6. The SMILES string of the molecule is c1ccc(-c2ccc(N(c3ccc(-c4cccc5c4sc4ccccc45)cc3)c3ccc(-c4cccc5ccc6c7ccccc7oc6c45)cc3)cc2)cc1. The van der Waals surface area contributed by atoms with Gasteiger partial charge in [-0.05, 0) is 93.4 Å². The molecule has 2 heterocycles. The minimum atomic E-state index is 0.913. The van der Waals surface area contributed by atoms with Crippen molar-refractivity contribution in [1.82, 2.24) is 0 Å². The zero-order valence-electron chi connectivity index (χ0n) is 29.8. The number of hydrogen-bond donors (Lipinski definition) is 0. The van der Waals surface area contributed by atoms with Crippen molar-refractivity contribution in [1.29, 1.82) is 0 Å². The maximum absolute atomic E-state index is 6.52. The molecule has 0 saturated heterocycles. The topological polar surface area (TPSA) is 16.4 Å². The third-order valence-electron chi connectivity index (χ3n) is 10.9. The molecule has 9 aromatic carbocycles. The van der Waals surface area contributed by atoms with Crippen LogP contribution < -0.4 is 4.90 Å². The minimum Gasteiger partial charge on any atom is -0.455 e. The van der Waals surface area contributed by atoms with Crippen LogP contribution in [0.2, 0.25) is 0 Å². The number of thiophene rings is 1. The lowest BCUT2D eigenvalue weighted by Gasteiger charge is -2.26. The van der Waals surface area contributed by atoms with E-state index in [4.69, 9.17) is 4.42 Å². The van der Waals surface area contributed by atoms with Crippen LogP contribution in [0.4, 0.5) is 17.1 Å². The summed E-state index contributed by atoms with van der Waals surface area (Å²) < 4.78 is 9.17. The minimum absolute atomic E-state index is 0.913. The molecule has 0 spiro atoms. The van der Waals surface area contributed by atoms with Gasteiger partial charge in [-0.25, -0.2) is 0 Å². The second kappa shape index (κ2) is 12.9. The van der Waals surface area contributed by atoms with E-state index >= 15 is 0 Å². The van der Waals surface area contributed by atoms with Crippen LogP contribution in [0.15, 0.2) is 205 Å². The number of anilines is 3. The average Bonchev–Trinajstić information content (AvgIpc) is 3.84. The van der Waals surface area contributed by atoms with Gasteiger partial charge in [0.15, 0.2) is 0 Å². The largest absolute Gasteiger partial charge is 0.455 e. The first-order valence-electron chi connectivity index (χ1n) is 18.7. The van der Waals surface area contributed by atoms with Crippen molar-refractivity contribution in [3.05, 3.63) is 200 Å². The van der Waals surface area contributed by atoms with Crippen molar-refractivity contribution in [3.8, 4) is 33.4 Å². The number of furan rings is 1. The molecule has 0 aliphatic heterocycles. The van der Waals surface area contributed by atoms with E-state index < -0.39 is 0 Å². The quantitative estimate of drug-likeness (QED) is 0.170. The smallest absolute Gasteiger partial charge is 0.143 e. The number of nitrogens with zero attached hydrogens (tertiary/aromatic N) is 1. The zero-order chi connectivity index (χ0) is 36.3. The second-order valence-electron chi connectivity index (χ2n) is 14.1. The first kappa shape index (κ1) is 31.6. The first-order chi connectivity index (χ1) is 27.3. The van der Waals surface area contributed by atoms with Gasteiger partial charge in [-0.2, -0.15) is 0 Å². The van der Waals surface area contributed by atoms with E-state index in [-0.39, 0.29) is 0 Å². The Balaban J connectivity index is 1.01. The third kappa shape index (κ3) is 5.32. The number of rotatable bonds is 6. The molecular formula is C52H33NOS. The summed E-state index contributed by atoms with van der Waals surface area (Å²) in [5.74, 6) is 0. The highest BCUT2D eigenvalue weighted by Gasteiger charge is 2.17. The standard InChI is InChI=1S/C52H33NOS/c1-2-10-34(11-3-1)35-20-27-39(28-21-35)53(41-31-24-37(25-32-41)43-16-9-17-47-45-14-5-7-19-49(45)55-52(43)47)40-29-22-36(23-30-40)42-15-8-12-38-26-33-46-44-13-4-6-18-48(44)54-51(46)50(38)42/h1-33H. The fraction of sp³-hybridized carbons (Fsp3) is 0. The van der Waals surface area contributed by atoms with Crippen LogP contribution in [-0.4, -0.2) is 0 Å². The average molecular weight is 720 g/mol. The van der Waals surface area contributed by atoms with Gasteiger partial charge in [0.1, 0.15) is 11.2 Å². The molecule has 0 radical (unpaired) electrons. The molecule has 11 rings (SSSR count). The molecule has 2 aromatic heterocycles. The number of benzene rings is 9. The molecule has 0 atom stereocenters. The van der Waals surface area contributed by atoms with Crippen molar-refractivity contribution in [2.75, 3.05) is 4.90 Å². The van der Waals surface area contributed by atoms with E-state index in [0.29, 0.717) is 0 Å². The summed E-state index contributed by atoms with van der Waals surface area (Å²) >= 11 is 1.87. The van der Waals surface area contributed by atoms with Crippen molar-refractivity contribution in [2.45, 2.75) is 0 Å². The van der Waals surface area contributed by atoms with E-state index in [1.807, 2.05) is 17.4 Å². The maximum atomic E-state index is 6.52. The highest BCUT2D eigenvalue weighted by Crippen LogP contribution is 2.43. The van der Waals surface area contributed by atoms with Gasteiger partial charge in [-0.15, -0.1) is 11.3 Å². The molecule has 3 heteroatoms. The Bertz CT molecular complexity index is 3170. The van der Waals surface area contributed by atoms with Crippen LogP contribution in [0.3, 0.4) is 0 Å². The lowest BCUT2D eigenvalue weighted by atomic mass is 9.96. The van der Waals surface area contributed by atoms with Crippen LogP contribution >= 0.6 is 11.3 Å². The van der Waals surface area contributed by atoms with E-state index in [1.54, 1.807) is 0 Å². The fourth-order valence-corrected chi connectivity index (χ4v) is 9.47. The summed E-state index contributed by atoms with van der Waals surface area (Å²) in [5, 5.41) is 7.23. The summed E-state index contributed by atoms with van der Waals surface area (Å²) in [6, 6.07) is 72.1. The zero-order valence-corrected chi connectivity index (χ0v) is 30.6. The van der Waals surface area contributed by atoms with Crippen LogP contribution in [0, 0.1) is 0 Å². The van der Waals surface area contributed by atoms with Gasteiger partial charge < -0.3 is 9.32 Å². The Morgan fingerprint density at radius 1 is 0.364 bits per heavy atom. The van der Waals surface area contributed by atoms with Gasteiger partial charge in [0.2, 0.25) is 0 Å². The van der Waals surface area contributed by atoms with Gasteiger partial charge >= 0.3 is 0 Å². The summed E-state index contributed by atoms with van der Waals surface area (Å²) in [6.45, 7) is 0. The molecule has 0 saturated carbocycles. The molecule has 2 nitrogen and oxygen atoms in total. The van der Waals surface area contributed by atoms with Crippen LogP contribution in [0.5, 0.6) is 0 Å². The summed E-state index contributed by atoms with van der Waals surface area (Å²) in [4.78, 5) is 2.35. The highest BCUT2D eigenvalue weighted by molar-refractivity contribution is 7.26. The lowest BCUT2D eigenvalue weighted by molar-refractivity contribution is 0.673. The molecule has 55 heavy (non-hydrogen) atoms. The van der Waals surface area contributed by atoms with E-state index in [1.165, 1.54) is 47.8 Å². The van der Waals surface area contributed by atoms with Crippen LogP contribution in [0.25, 0.3) is 86.3 Å². The lowest BCUT2D eigenvalue weighted by Crippen LogP contribution is -2.09. The van der Waals surface area contributed by atoms with Gasteiger partial charge in [-0.3, -0.25) is 0 Å².